The molecule has 1 aliphatic rings. The van der Waals surface area contributed by atoms with Gasteiger partial charge in [0.25, 0.3) is 0 Å². The maximum absolute atomic E-state index is 8.87. The summed E-state index contributed by atoms with van der Waals surface area (Å²) in [6, 6.07) is 7.45. The van der Waals surface area contributed by atoms with Gasteiger partial charge in [-0.05, 0) is 38.0 Å². The number of benzene rings is 1. The zero-order valence-electron chi connectivity index (χ0n) is 9.74. The van der Waals surface area contributed by atoms with Crippen molar-refractivity contribution in [3.63, 3.8) is 0 Å². The third kappa shape index (κ3) is 3.12. The Morgan fingerprint density at radius 2 is 2.35 bits per heavy atom. The lowest BCUT2D eigenvalue weighted by molar-refractivity contribution is 0.0637. The van der Waals surface area contributed by atoms with Gasteiger partial charge in [0.2, 0.25) is 0 Å². The van der Waals surface area contributed by atoms with Crippen LogP contribution in [0.5, 0.6) is 0 Å². The summed E-state index contributed by atoms with van der Waals surface area (Å²) < 4.78 is 5.71. The summed E-state index contributed by atoms with van der Waals surface area (Å²) in [5.74, 6) is 0. The summed E-state index contributed by atoms with van der Waals surface area (Å²) in [5, 5.41) is 12.6. The topological polar surface area (TPSA) is 45.0 Å². The molecule has 1 aromatic carbocycles. The highest BCUT2D eigenvalue weighted by molar-refractivity contribution is 6.31. The Kier molecular flexibility index (Phi) is 3.88. The van der Waals surface area contributed by atoms with Crippen molar-refractivity contribution in [2.45, 2.75) is 32.0 Å². The molecule has 90 valence electrons. The monoisotopic (exact) mass is 250 g/mol. The van der Waals surface area contributed by atoms with Crippen LogP contribution in [0.2, 0.25) is 5.02 Å². The fourth-order valence-electron chi connectivity index (χ4n) is 1.99. The average molecular weight is 251 g/mol. The number of hydrogen-bond donors (Lipinski definition) is 1. The van der Waals surface area contributed by atoms with Crippen LogP contribution in [0.25, 0.3) is 0 Å². The predicted octanol–water partition coefficient (Wildman–Crippen LogP) is 3.19. The normalized spacial score (nSPS) is 23.4. The Hall–Kier alpha value is -1.24. The Bertz CT molecular complexity index is 442. The summed E-state index contributed by atoms with van der Waals surface area (Å²) in [6.07, 6.45) is 2.84. The van der Waals surface area contributed by atoms with E-state index in [-0.39, 0.29) is 6.10 Å². The molecule has 0 spiro atoms. The molecular weight excluding hydrogens is 236 g/mol. The Balaban J connectivity index is 1.93. The minimum atomic E-state index is 0.270. The predicted molar refractivity (Wildman–Crippen MR) is 68.2 cm³/mol. The van der Waals surface area contributed by atoms with Crippen LogP contribution in [-0.2, 0) is 4.74 Å². The zero-order valence-corrected chi connectivity index (χ0v) is 10.5. The first-order valence-corrected chi connectivity index (χ1v) is 6.16. The SMILES string of the molecule is CC1CCC(CNc2ccc(Cl)c(C#N)c2)O1. The molecule has 2 atom stereocenters. The summed E-state index contributed by atoms with van der Waals surface area (Å²) in [7, 11) is 0. The molecule has 0 aromatic heterocycles. The highest BCUT2D eigenvalue weighted by Gasteiger charge is 2.21. The Morgan fingerprint density at radius 1 is 1.53 bits per heavy atom. The molecule has 0 aliphatic carbocycles. The minimum Gasteiger partial charge on any atom is -0.382 e. The van der Waals surface area contributed by atoms with E-state index in [1.54, 1.807) is 12.1 Å². The number of halogens is 1. The quantitative estimate of drug-likeness (QED) is 0.896. The molecule has 1 N–H and O–H groups in total. The number of hydrogen-bond acceptors (Lipinski definition) is 3. The molecule has 1 aliphatic heterocycles. The van der Waals surface area contributed by atoms with Crippen LogP contribution in [-0.4, -0.2) is 18.8 Å². The van der Waals surface area contributed by atoms with E-state index in [4.69, 9.17) is 21.6 Å². The summed E-state index contributed by atoms with van der Waals surface area (Å²) in [5.41, 5.74) is 1.41. The number of ether oxygens (including phenoxy) is 1. The standard InChI is InChI=1S/C13H15ClN2O/c1-9-2-4-12(17-9)8-16-11-3-5-13(14)10(6-11)7-15/h3,5-6,9,12,16H,2,4,8H2,1H3. The van der Waals surface area contributed by atoms with Crippen LogP contribution in [0.4, 0.5) is 5.69 Å². The lowest BCUT2D eigenvalue weighted by atomic mass is 10.2. The maximum Gasteiger partial charge on any atom is 0.101 e. The molecule has 0 saturated carbocycles. The molecule has 1 saturated heterocycles. The van der Waals surface area contributed by atoms with Gasteiger partial charge in [-0.1, -0.05) is 11.6 Å². The molecule has 4 heteroatoms. The van der Waals surface area contributed by atoms with Gasteiger partial charge >= 0.3 is 0 Å². The minimum absolute atomic E-state index is 0.270. The fraction of sp³-hybridized carbons (Fsp3) is 0.462. The molecule has 1 aromatic rings. The van der Waals surface area contributed by atoms with E-state index in [0.29, 0.717) is 16.7 Å². The van der Waals surface area contributed by atoms with E-state index in [9.17, 15) is 0 Å². The second-order valence-corrected chi connectivity index (χ2v) is 4.74. The van der Waals surface area contributed by atoms with Crippen molar-refractivity contribution in [2.75, 3.05) is 11.9 Å². The summed E-state index contributed by atoms with van der Waals surface area (Å²) in [4.78, 5) is 0. The van der Waals surface area contributed by atoms with Crippen LogP contribution in [0, 0.1) is 11.3 Å². The molecule has 0 radical (unpaired) electrons. The van der Waals surface area contributed by atoms with Crippen molar-refractivity contribution in [3.8, 4) is 6.07 Å². The van der Waals surface area contributed by atoms with E-state index in [2.05, 4.69) is 18.3 Å². The summed E-state index contributed by atoms with van der Waals surface area (Å²) >= 11 is 5.87. The number of nitriles is 1. The van der Waals surface area contributed by atoms with Crippen LogP contribution in [0.15, 0.2) is 18.2 Å². The van der Waals surface area contributed by atoms with Crippen LogP contribution in [0.3, 0.4) is 0 Å². The second-order valence-electron chi connectivity index (χ2n) is 4.33. The molecule has 3 nitrogen and oxygen atoms in total. The van der Waals surface area contributed by atoms with Crippen molar-refractivity contribution in [2.24, 2.45) is 0 Å². The van der Waals surface area contributed by atoms with E-state index in [1.165, 1.54) is 0 Å². The number of rotatable bonds is 3. The molecule has 2 rings (SSSR count). The highest BCUT2D eigenvalue weighted by Crippen LogP contribution is 2.22. The fourth-order valence-corrected chi connectivity index (χ4v) is 2.15. The van der Waals surface area contributed by atoms with Crippen molar-refractivity contribution in [1.29, 1.82) is 5.26 Å². The lowest BCUT2D eigenvalue weighted by Crippen LogP contribution is -2.19. The molecule has 1 heterocycles. The number of nitrogens with one attached hydrogen (secondary N) is 1. The van der Waals surface area contributed by atoms with Crippen molar-refractivity contribution >= 4 is 17.3 Å². The molecule has 0 bridgehead atoms. The summed E-state index contributed by atoms with van der Waals surface area (Å²) in [6.45, 7) is 2.87. The lowest BCUT2D eigenvalue weighted by Gasteiger charge is -2.13. The molecule has 0 amide bonds. The largest absolute Gasteiger partial charge is 0.382 e. The molecule has 2 unspecified atom stereocenters. The van der Waals surface area contributed by atoms with Gasteiger partial charge in [0.1, 0.15) is 6.07 Å². The second kappa shape index (κ2) is 5.39. The highest BCUT2D eigenvalue weighted by atomic mass is 35.5. The first-order chi connectivity index (χ1) is 8.19. The first kappa shape index (κ1) is 12.2. The van der Waals surface area contributed by atoms with Crippen molar-refractivity contribution in [1.82, 2.24) is 0 Å². The first-order valence-electron chi connectivity index (χ1n) is 5.78. The third-order valence-electron chi connectivity index (χ3n) is 2.94. The van der Waals surface area contributed by atoms with Gasteiger partial charge in [-0.3, -0.25) is 0 Å². The van der Waals surface area contributed by atoms with Gasteiger partial charge < -0.3 is 10.1 Å². The van der Waals surface area contributed by atoms with Gasteiger partial charge in [-0.25, -0.2) is 0 Å². The van der Waals surface area contributed by atoms with Gasteiger partial charge in [0, 0.05) is 12.2 Å². The van der Waals surface area contributed by atoms with E-state index >= 15 is 0 Å². The van der Waals surface area contributed by atoms with Crippen LogP contribution in [0.1, 0.15) is 25.3 Å². The van der Waals surface area contributed by atoms with Crippen LogP contribution < -0.4 is 5.32 Å². The van der Waals surface area contributed by atoms with E-state index in [1.807, 2.05) is 6.07 Å². The van der Waals surface area contributed by atoms with E-state index in [0.717, 1.165) is 25.1 Å². The number of nitrogens with zero attached hydrogens (tertiary/aromatic N) is 1. The molecular formula is C13H15ClN2O. The van der Waals surface area contributed by atoms with E-state index < -0.39 is 0 Å². The zero-order chi connectivity index (χ0) is 12.3. The van der Waals surface area contributed by atoms with Crippen molar-refractivity contribution < 1.29 is 4.74 Å². The smallest absolute Gasteiger partial charge is 0.101 e. The molecule has 1 fully saturated rings. The van der Waals surface area contributed by atoms with Gasteiger partial charge in [-0.2, -0.15) is 5.26 Å². The van der Waals surface area contributed by atoms with Gasteiger partial charge in [0.05, 0.1) is 22.8 Å². The molecule has 17 heavy (non-hydrogen) atoms. The van der Waals surface area contributed by atoms with Crippen molar-refractivity contribution in [3.05, 3.63) is 28.8 Å². The Morgan fingerprint density at radius 3 is 3.00 bits per heavy atom. The van der Waals surface area contributed by atoms with Gasteiger partial charge in [-0.15, -0.1) is 0 Å². The average Bonchev–Trinajstić information content (AvgIpc) is 2.74. The Labute approximate surface area is 106 Å². The maximum atomic E-state index is 8.87. The number of anilines is 1. The third-order valence-corrected chi connectivity index (χ3v) is 3.27. The van der Waals surface area contributed by atoms with Crippen LogP contribution >= 0.6 is 11.6 Å². The van der Waals surface area contributed by atoms with Gasteiger partial charge in [0.15, 0.2) is 0 Å².